The number of amides is 2. The highest BCUT2D eigenvalue weighted by atomic mass is 32.2. The zero-order chi connectivity index (χ0) is 29.4. The molecule has 8 nitrogen and oxygen atoms in total. The maximum absolute atomic E-state index is 13.8. The van der Waals surface area contributed by atoms with Crippen molar-refractivity contribution in [3.8, 4) is 5.75 Å². The zero-order valence-corrected chi connectivity index (χ0v) is 23.6. The summed E-state index contributed by atoms with van der Waals surface area (Å²) in [6.45, 7) is 6.52. The molecule has 0 bridgehead atoms. The number of anilines is 1. The maximum Gasteiger partial charge on any atom is 0.264 e. The van der Waals surface area contributed by atoms with E-state index < -0.39 is 46.1 Å². The topological polar surface area (TPSA) is 96.0 Å². The Hall–Kier alpha value is -3.99. The molecule has 0 aliphatic rings. The number of ether oxygens (including phenoxy) is 1. The van der Waals surface area contributed by atoms with Gasteiger partial charge in [-0.15, -0.1) is 0 Å². The van der Waals surface area contributed by atoms with Crippen LogP contribution in [-0.2, 0) is 26.2 Å². The molecule has 214 valence electrons. The number of benzene rings is 3. The molecule has 0 spiro atoms. The highest BCUT2D eigenvalue weighted by molar-refractivity contribution is 7.92. The lowest BCUT2D eigenvalue weighted by Crippen LogP contribution is -2.52. The van der Waals surface area contributed by atoms with Gasteiger partial charge in [-0.2, -0.15) is 0 Å². The van der Waals surface area contributed by atoms with Crippen molar-refractivity contribution in [2.24, 2.45) is 0 Å². The molecule has 3 aromatic rings. The number of carbonyl (C=O) groups excluding carboxylic acids is 2. The Morgan fingerprint density at radius 3 is 1.95 bits per heavy atom. The van der Waals surface area contributed by atoms with Crippen LogP contribution in [0.4, 0.5) is 14.5 Å². The average Bonchev–Trinajstić information content (AvgIpc) is 2.91. The van der Waals surface area contributed by atoms with Crippen LogP contribution in [0.1, 0.15) is 33.3 Å². The minimum Gasteiger partial charge on any atom is -0.494 e. The molecule has 1 N–H and O–H groups in total. The van der Waals surface area contributed by atoms with Crippen molar-refractivity contribution in [1.82, 2.24) is 10.2 Å². The number of carbonyl (C=O) groups is 2. The van der Waals surface area contributed by atoms with Crippen molar-refractivity contribution in [3.05, 3.63) is 90.0 Å². The van der Waals surface area contributed by atoms with Crippen LogP contribution in [0.15, 0.2) is 77.7 Å². The minimum atomic E-state index is -4.31. The molecule has 11 heteroatoms. The maximum atomic E-state index is 13.8. The van der Waals surface area contributed by atoms with E-state index >= 15 is 0 Å². The summed E-state index contributed by atoms with van der Waals surface area (Å²) in [6, 6.07) is 14.7. The molecule has 3 rings (SSSR count). The predicted octanol–water partition coefficient (Wildman–Crippen LogP) is 4.50. The smallest absolute Gasteiger partial charge is 0.264 e. The SMILES string of the molecule is CCOc1ccc(S(=O)(=O)N(CC(=O)N(Cc2ccc(F)cc2)[C@@H](C)C(=O)NC(C)C)c2ccc(F)cc2)cc1. The number of halogens is 2. The molecule has 3 aromatic carbocycles. The predicted molar refractivity (Wildman–Crippen MR) is 148 cm³/mol. The lowest BCUT2D eigenvalue weighted by atomic mass is 10.1. The first kappa shape index (κ1) is 30.6. The van der Waals surface area contributed by atoms with Crippen molar-refractivity contribution in [2.45, 2.75) is 51.2 Å². The molecule has 0 unspecified atom stereocenters. The van der Waals surface area contributed by atoms with Crippen LogP contribution in [0.5, 0.6) is 5.75 Å². The molecule has 2 amide bonds. The molecule has 0 aromatic heterocycles. The van der Waals surface area contributed by atoms with Crippen molar-refractivity contribution in [2.75, 3.05) is 17.5 Å². The second-order valence-corrected chi connectivity index (χ2v) is 11.2. The van der Waals surface area contributed by atoms with Crippen molar-refractivity contribution in [3.63, 3.8) is 0 Å². The van der Waals surface area contributed by atoms with Gasteiger partial charge >= 0.3 is 0 Å². The van der Waals surface area contributed by atoms with Gasteiger partial charge in [0.05, 0.1) is 17.2 Å². The number of hydrogen-bond acceptors (Lipinski definition) is 5. The van der Waals surface area contributed by atoms with Crippen LogP contribution in [0.25, 0.3) is 0 Å². The molecule has 0 radical (unpaired) electrons. The van der Waals surface area contributed by atoms with Gasteiger partial charge in [-0.1, -0.05) is 12.1 Å². The fourth-order valence-corrected chi connectivity index (χ4v) is 5.33. The van der Waals surface area contributed by atoms with E-state index in [1.165, 1.54) is 72.5 Å². The Bertz CT molecular complexity index is 1400. The molecule has 0 fully saturated rings. The summed E-state index contributed by atoms with van der Waals surface area (Å²) in [5, 5.41) is 2.76. The van der Waals surface area contributed by atoms with Gasteiger partial charge in [-0.3, -0.25) is 13.9 Å². The molecule has 1 atom stereocenters. The average molecular weight is 574 g/mol. The van der Waals surface area contributed by atoms with Crippen LogP contribution in [0.2, 0.25) is 0 Å². The van der Waals surface area contributed by atoms with E-state index in [-0.39, 0.29) is 23.2 Å². The Morgan fingerprint density at radius 2 is 1.43 bits per heavy atom. The summed E-state index contributed by atoms with van der Waals surface area (Å²) in [6.07, 6.45) is 0. The van der Waals surface area contributed by atoms with Gasteiger partial charge in [-0.05, 0) is 93.9 Å². The summed E-state index contributed by atoms with van der Waals surface area (Å²) < 4.78 is 61.1. The van der Waals surface area contributed by atoms with Crippen LogP contribution in [0, 0.1) is 11.6 Å². The van der Waals surface area contributed by atoms with Gasteiger partial charge in [-0.25, -0.2) is 17.2 Å². The summed E-state index contributed by atoms with van der Waals surface area (Å²) in [5.41, 5.74) is 0.603. The highest BCUT2D eigenvalue weighted by Gasteiger charge is 2.32. The van der Waals surface area contributed by atoms with Crippen LogP contribution < -0.4 is 14.4 Å². The molecule has 0 saturated carbocycles. The van der Waals surface area contributed by atoms with Crippen LogP contribution >= 0.6 is 0 Å². The largest absolute Gasteiger partial charge is 0.494 e. The molecule has 0 heterocycles. The first-order chi connectivity index (χ1) is 18.9. The van der Waals surface area contributed by atoms with E-state index in [1.807, 2.05) is 0 Å². The standard InChI is InChI=1S/C29H33F2N3O5S/c1-5-39-26-14-16-27(17-15-26)40(37,38)34(25-12-10-24(31)11-13-25)19-28(35)33(21(4)29(36)32-20(2)3)18-22-6-8-23(30)9-7-22/h6-17,20-21H,5,18-19H2,1-4H3,(H,32,36)/t21-/m0/s1. The van der Waals surface area contributed by atoms with Gasteiger partial charge in [0.1, 0.15) is 30.0 Å². The summed E-state index contributed by atoms with van der Waals surface area (Å²) in [7, 11) is -4.31. The van der Waals surface area contributed by atoms with Crippen molar-refractivity contribution >= 4 is 27.5 Å². The van der Waals surface area contributed by atoms with E-state index in [0.717, 1.165) is 16.4 Å². The number of rotatable bonds is 12. The fraction of sp³-hybridized carbons (Fsp3) is 0.310. The summed E-state index contributed by atoms with van der Waals surface area (Å²) in [4.78, 5) is 27.8. The lowest BCUT2D eigenvalue weighted by molar-refractivity contribution is -0.139. The van der Waals surface area contributed by atoms with Gasteiger partial charge in [0, 0.05) is 12.6 Å². The van der Waals surface area contributed by atoms with E-state index in [9.17, 15) is 26.8 Å². The molecule has 0 aliphatic carbocycles. The summed E-state index contributed by atoms with van der Waals surface area (Å²) >= 11 is 0. The Labute approximate surface area is 233 Å². The van der Waals surface area contributed by atoms with Gasteiger partial charge < -0.3 is 15.0 Å². The normalized spacial score (nSPS) is 12.1. The van der Waals surface area contributed by atoms with Gasteiger partial charge in [0.25, 0.3) is 10.0 Å². The first-order valence-electron chi connectivity index (χ1n) is 12.8. The summed E-state index contributed by atoms with van der Waals surface area (Å²) in [5.74, 6) is -1.69. The Morgan fingerprint density at radius 1 is 0.875 bits per heavy atom. The molecule has 0 aliphatic heterocycles. The number of nitrogens with one attached hydrogen (secondary N) is 1. The van der Waals surface area contributed by atoms with E-state index in [0.29, 0.717) is 17.9 Å². The number of sulfonamides is 1. The highest BCUT2D eigenvalue weighted by Crippen LogP contribution is 2.26. The van der Waals surface area contributed by atoms with Gasteiger partial charge in [0.2, 0.25) is 11.8 Å². The molecular weight excluding hydrogens is 540 g/mol. The van der Waals surface area contributed by atoms with Crippen LogP contribution in [-0.4, -0.2) is 50.4 Å². The van der Waals surface area contributed by atoms with E-state index in [1.54, 1.807) is 20.8 Å². The van der Waals surface area contributed by atoms with Crippen molar-refractivity contribution in [1.29, 1.82) is 0 Å². The Balaban J connectivity index is 2.01. The first-order valence-corrected chi connectivity index (χ1v) is 14.2. The fourth-order valence-electron chi connectivity index (χ4n) is 3.91. The zero-order valence-electron chi connectivity index (χ0n) is 22.8. The quantitative estimate of drug-likeness (QED) is 0.344. The molecule has 40 heavy (non-hydrogen) atoms. The second-order valence-electron chi connectivity index (χ2n) is 9.38. The third-order valence-electron chi connectivity index (χ3n) is 5.98. The third-order valence-corrected chi connectivity index (χ3v) is 7.77. The third kappa shape index (κ3) is 7.78. The number of nitrogens with zero attached hydrogens (tertiary/aromatic N) is 2. The molecule has 0 saturated heterocycles. The van der Waals surface area contributed by atoms with E-state index in [2.05, 4.69) is 5.32 Å². The van der Waals surface area contributed by atoms with E-state index in [4.69, 9.17) is 4.74 Å². The lowest BCUT2D eigenvalue weighted by Gasteiger charge is -2.32. The minimum absolute atomic E-state index is 0.0599. The van der Waals surface area contributed by atoms with Gasteiger partial charge in [0.15, 0.2) is 0 Å². The Kier molecular flexibility index (Phi) is 10.2. The van der Waals surface area contributed by atoms with Crippen LogP contribution in [0.3, 0.4) is 0 Å². The monoisotopic (exact) mass is 573 g/mol. The number of hydrogen-bond donors (Lipinski definition) is 1. The molecular formula is C29H33F2N3O5S. The second kappa shape index (κ2) is 13.4. The van der Waals surface area contributed by atoms with Crippen molar-refractivity contribution < 1.29 is 31.5 Å².